The highest BCUT2D eigenvalue weighted by molar-refractivity contribution is 7.89. The Labute approximate surface area is 256 Å². The highest BCUT2D eigenvalue weighted by Gasteiger charge is 2.46. The van der Waals surface area contributed by atoms with Crippen LogP contribution in [0.1, 0.15) is 46.4 Å². The molecule has 3 heterocycles. The topological polar surface area (TPSA) is 120 Å². The molecule has 1 saturated carbocycles. The molecule has 0 unspecified atom stereocenters. The Hall–Kier alpha value is -4.45. The van der Waals surface area contributed by atoms with E-state index in [0.29, 0.717) is 17.1 Å². The van der Waals surface area contributed by atoms with Crippen LogP contribution in [0.4, 0.5) is 0 Å². The van der Waals surface area contributed by atoms with Gasteiger partial charge >= 0.3 is 5.97 Å². The Morgan fingerprint density at radius 2 is 1.80 bits per heavy atom. The molecule has 0 saturated heterocycles. The van der Waals surface area contributed by atoms with E-state index in [-0.39, 0.29) is 29.9 Å². The van der Waals surface area contributed by atoms with Gasteiger partial charge in [0.15, 0.2) is 0 Å². The van der Waals surface area contributed by atoms with Crippen molar-refractivity contribution in [3.05, 3.63) is 113 Å². The second-order valence-electron chi connectivity index (χ2n) is 12.0. The molecule has 3 aromatic carbocycles. The summed E-state index contributed by atoms with van der Waals surface area (Å²) in [4.78, 5) is 12.6. The smallest absolute Gasteiger partial charge is 0.339 e. The number of hydrogen-bond donors (Lipinski definition) is 3. The Kier molecular flexibility index (Phi) is 7.03. The van der Waals surface area contributed by atoms with Crippen molar-refractivity contribution in [3.8, 4) is 16.8 Å². The van der Waals surface area contributed by atoms with Crippen molar-refractivity contribution in [2.24, 2.45) is 11.8 Å². The Bertz CT molecular complexity index is 1900. The van der Waals surface area contributed by atoms with E-state index in [1.165, 1.54) is 6.20 Å². The predicted molar refractivity (Wildman–Crippen MR) is 166 cm³/mol. The third-order valence-electron chi connectivity index (χ3n) is 8.67. The maximum absolute atomic E-state index is 13.7. The molecule has 3 atom stereocenters. The van der Waals surface area contributed by atoms with Crippen molar-refractivity contribution in [2.45, 2.75) is 37.1 Å². The van der Waals surface area contributed by atoms with Crippen LogP contribution >= 0.6 is 0 Å². The van der Waals surface area contributed by atoms with Gasteiger partial charge in [0.05, 0.1) is 22.5 Å². The fourth-order valence-corrected chi connectivity index (χ4v) is 8.29. The molecule has 2 aliphatic heterocycles. The van der Waals surface area contributed by atoms with Crippen LogP contribution in [0.3, 0.4) is 0 Å². The van der Waals surface area contributed by atoms with Gasteiger partial charge in [-0.05, 0) is 65.3 Å². The van der Waals surface area contributed by atoms with Crippen molar-refractivity contribution < 1.29 is 18.3 Å². The molecule has 1 aromatic heterocycles. The average molecular weight is 611 g/mol. The van der Waals surface area contributed by atoms with E-state index < -0.39 is 16.0 Å². The number of hydrazine groups is 2. The van der Waals surface area contributed by atoms with Gasteiger partial charge in [-0.15, -0.1) is 5.53 Å². The maximum atomic E-state index is 13.7. The number of nitrogens with one attached hydrogen (secondary N) is 2. The van der Waals surface area contributed by atoms with Gasteiger partial charge < -0.3 is 10.5 Å². The van der Waals surface area contributed by atoms with Gasteiger partial charge in [-0.1, -0.05) is 55.5 Å². The second-order valence-corrected chi connectivity index (χ2v) is 13.9. The Morgan fingerprint density at radius 1 is 1.02 bits per heavy atom. The molecule has 10 nitrogen and oxygen atoms in total. The summed E-state index contributed by atoms with van der Waals surface area (Å²) in [7, 11) is -1.74. The number of carboxylic acid groups (broad SMARTS) is 1. The van der Waals surface area contributed by atoms with Crippen LogP contribution in [-0.4, -0.2) is 52.2 Å². The lowest BCUT2D eigenvalue weighted by molar-refractivity contribution is 0.0695. The van der Waals surface area contributed by atoms with E-state index in [2.05, 4.69) is 23.0 Å². The molecular formula is C33H34N6O4S. The summed E-state index contributed by atoms with van der Waals surface area (Å²) in [6, 6.07) is 23.1. The average Bonchev–Trinajstić information content (AvgIpc) is 3.48. The van der Waals surface area contributed by atoms with Crippen molar-refractivity contribution in [2.75, 3.05) is 13.6 Å². The van der Waals surface area contributed by atoms with E-state index in [1.54, 1.807) is 21.1 Å². The Balaban J connectivity index is 1.18. The molecular weight excluding hydrogens is 576 g/mol. The molecule has 0 radical (unpaired) electrons. The van der Waals surface area contributed by atoms with Crippen molar-refractivity contribution in [1.29, 1.82) is 0 Å². The number of benzene rings is 3. The summed E-state index contributed by atoms with van der Waals surface area (Å²) >= 11 is 0. The number of aromatic nitrogens is 2. The zero-order chi connectivity index (χ0) is 30.6. The summed E-state index contributed by atoms with van der Waals surface area (Å²) in [6.45, 7) is 2.81. The first-order chi connectivity index (χ1) is 21.2. The fourth-order valence-electron chi connectivity index (χ4n) is 6.51. The number of nitrogens with zero attached hydrogens (tertiary/aromatic N) is 4. The molecule has 0 amide bonds. The van der Waals surface area contributed by atoms with Crippen LogP contribution in [-0.2, 0) is 23.0 Å². The molecule has 44 heavy (non-hydrogen) atoms. The predicted octanol–water partition coefficient (Wildman–Crippen LogP) is 4.52. The number of aromatic carboxylic acids is 1. The van der Waals surface area contributed by atoms with Crippen LogP contribution in [0.5, 0.6) is 0 Å². The highest BCUT2D eigenvalue weighted by atomic mass is 32.2. The molecule has 0 spiro atoms. The van der Waals surface area contributed by atoms with Gasteiger partial charge in [-0.3, -0.25) is 5.01 Å². The summed E-state index contributed by atoms with van der Waals surface area (Å²) in [5.41, 5.74) is 12.5. The standard InChI is InChI=1S/C33H34N6O4S/c1-21-13-25-8-3-4-12-31(25)44(42,43)38(18-21)19-22-7-5-9-23(14-22)24-10-6-11-26(15-24)39-32(29(17-34-39)33(40)41)28-16-27(28)30-20-37(2)36-35-30/h3-12,14-15,17,20-21,27-28,35-36H,13,16,18-19H2,1-2H3,(H,40,41)/t21-,27-,28-/m1/s1. The van der Waals surface area contributed by atoms with E-state index in [0.717, 1.165) is 46.5 Å². The van der Waals surface area contributed by atoms with Gasteiger partial charge in [-0.25, -0.2) is 17.9 Å². The first-order valence-electron chi connectivity index (χ1n) is 14.7. The van der Waals surface area contributed by atoms with Crippen LogP contribution in [0.25, 0.3) is 16.8 Å². The number of fused-ring (bicyclic) bond motifs is 1. The zero-order valence-electron chi connectivity index (χ0n) is 24.5. The first-order valence-corrected chi connectivity index (χ1v) is 16.2. The Morgan fingerprint density at radius 3 is 2.57 bits per heavy atom. The minimum Gasteiger partial charge on any atom is -0.478 e. The monoisotopic (exact) mass is 610 g/mol. The summed E-state index contributed by atoms with van der Waals surface area (Å²) < 4.78 is 30.7. The summed E-state index contributed by atoms with van der Waals surface area (Å²) in [5, 5.41) is 16.3. The highest BCUT2D eigenvalue weighted by Crippen LogP contribution is 2.52. The second kappa shape index (κ2) is 10.9. The molecule has 4 aromatic rings. The van der Waals surface area contributed by atoms with E-state index >= 15 is 0 Å². The van der Waals surface area contributed by atoms with Crippen LogP contribution in [0.15, 0.2) is 95.8 Å². The SMILES string of the molecule is C[C@@H]1Cc2ccccc2S(=O)(=O)N(Cc2cccc(-c3cccc(-n4ncc(C(=O)O)c4[C@@H]4C[C@H]4C4=CN(C)NN4)c3)c2)C1. The normalized spacial score (nSPS) is 22.5. The lowest BCUT2D eigenvalue weighted by Gasteiger charge is -2.22. The number of hydrogen-bond acceptors (Lipinski definition) is 7. The van der Waals surface area contributed by atoms with Gasteiger partial charge in [-0.2, -0.15) is 9.40 Å². The number of rotatable bonds is 7. The maximum Gasteiger partial charge on any atom is 0.339 e. The molecule has 1 fully saturated rings. The number of allylic oxidation sites excluding steroid dienone is 1. The zero-order valence-corrected chi connectivity index (χ0v) is 25.3. The van der Waals surface area contributed by atoms with Crippen molar-refractivity contribution >= 4 is 16.0 Å². The number of carboxylic acids is 1. The largest absolute Gasteiger partial charge is 0.478 e. The van der Waals surface area contributed by atoms with Crippen LogP contribution in [0.2, 0.25) is 0 Å². The van der Waals surface area contributed by atoms with E-state index in [1.807, 2.05) is 78.9 Å². The van der Waals surface area contributed by atoms with Crippen LogP contribution in [0, 0.1) is 11.8 Å². The van der Waals surface area contributed by atoms with Gasteiger partial charge in [0.1, 0.15) is 5.56 Å². The lowest BCUT2D eigenvalue weighted by Crippen LogP contribution is -2.33. The minimum absolute atomic E-state index is 0.0192. The number of sulfonamides is 1. The quantitative estimate of drug-likeness (QED) is 0.280. The molecule has 11 heteroatoms. The molecule has 1 aliphatic carbocycles. The minimum atomic E-state index is -3.64. The third kappa shape index (κ3) is 5.17. The summed E-state index contributed by atoms with van der Waals surface area (Å²) in [5.74, 6) is -0.613. The van der Waals surface area contributed by atoms with Crippen molar-refractivity contribution in [3.63, 3.8) is 0 Å². The van der Waals surface area contributed by atoms with Gasteiger partial charge in [0.2, 0.25) is 10.0 Å². The molecule has 3 aliphatic rings. The van der Waals surface area contributed by atoms with Gasteiger partial charge in [0.25, 0.3) is 0 Å². The lowest BCUT2D eigenvalue weighted by atomic mass is 10.0. The molecule has 0 bridgehead atoms. The third-order valence-corrected chi connectivity index (χ3v) is 10.6. The summed E-state index contributed by atoms with van der Waals surface area (Å²) in [6.07, 6.45) is 4.96. The molecule has 226 valence electrons. The van der Waals surface area contributed by atoms with Gasteiger partial charge in [0, 0.05) is 43.9 Å². The van der Waals surface area contributed by atoms with Crippen molar-refractivity contribution in [1.82, 2.24) is 30.1 Å². The van der Waals surface area contributed by atoms with Crippen LogP contribution < -0.4 is 11.0 Å². The fraction of sp³-hybridized carbons (Fsp3) is 0.273. The van der Waals surface area contributed by atoms with E-state index in [9.17, 15) is 18.3 Å². The van der Waals surface area contributed by atoms with E-state index in [4.69, 9.17) is 0 Å². The first kappa shape index (κ1) is 28.3. The number of carbonyl (C=O) groups is 1. The molecule has 7 rings (SSSR count). The molecule has 3 N–H and O–H groups in total.